The highest BCUT2D eigenvalue weighted by molar-refractivity contribution is 9.11. The topological polar surface area (TPSA) is 18.5 Å². The molecule has 0 atom stereocenters. The maximum absolute atomic E-state index is 5.10. The van der Waals surface area contributed by atoms with Crippen LogP contribution in [0.1, 0.15) is 6.92 Å². The zero-order valence-corrected chi connectivity index (χ0v) is 9.80. The van der Waals surface area contributed by atoms with E-state index in [0.29, 0.717) is 6.61 Å². The van der Waals surface area contributed by atoms with Crippen molar-refractivity contribution in [1.82, 2.24) is 0 Å². The van der Waals surface area contributed by atoms with Crippen LogP contribution < -0.4 is 0 Å². The molecule has 13 heavy (non-hydrogen) atoms. The van der Waals surface area contributed by atoms with Crippen molar-refractivity contribution in [3.8, 4) is 0 Å². The highest BCUT2D eigenvalue weighted by atomic mass is 79.9. The van der Waals surface area contributed by atoms with Crippen LogP contribution in [0.3, 0.4) is 0 Å². The van der Waals surface area contributed by atoms with Gasteiger partial charge in [0.2, 0.25) is 0 Å². The highest BCUT2D eigenvalue weighted by Gasteiger charge is 1.86. The SMILES string of the molecule is COC/C=C/C(=C\C=C(/C)Br)OC. The normalized spacial score (nSPS) is 13.8. The van der Waals surface area contributed by atoms with Gasteiger partial charge in [0.1, 0.15) is 5.76 Å². The number of rotatable bonds is 5. The summed E-state index contributed by atoms with van der Waals surface area (Å²) in [4.78, 5) is 0. The first kappa shape index (κ1) is 12.5. The zero-order valence-electron chi connectivity index (χ0n) is 8.21. The van der Waals surface area contributed by atoms with Gasteiger partial charge in [-0.2, -0.15) is 0 Å². The molecule has 0 radical (unpaired) electrons. The van der Waals surface area contributed by atoms with Gasteiger partial charge in [-0.25, -0.2) is 0 Å². The third kappa shape index (κ3) is 7.81. The number of hydrogen-bond donors (Lipinski definition) is 0. The average molecular weight is 247 g/mol. The van der Waals surface area contributed by atoms with Gasteiger partial charge in [-0.15, -0.1) is 0 Å². The number of methoxy groups -OCH3 is 2. The molecule has 3 heteroatoms. The number of allylic oxidation sites excluding steroid dienone is 4. The molecule has 0 bridgehead atoms. The molecule has 0 spiro atoms. The Morgan fingerprint density at radius 2 is 2.00 bits per heavy atom. The molecule has 0 heterocycles. The molecule has 0 N–H and O–H groups in total. The van der Waals surface area contributed by atoms with Gasteiger partial charge >= 0.3 is 0 Å². The molecule has 0 aliphatic rings. The molecule has 0 aliphatic carbocycles. The van der Waals surface area contributed by atoms with Gasteiger partial charge in [-0.05, 0) is 29.6 Å². The standard InChI is InChI=1S/C10H15BrO2/c1-9(11)6-7-10(13-3)5-4-8-12-2/h4-7H,8H2,1-3H3/b5-4+,9-6+,10-7+. The lowest BCUT2D eigenvalue weighted by Gasteiger charge is -1.97. The first-order valence-corrected chi connectivity index (χ1v) is 4.73. The van der Waals surface area contributed by atoms with Crippen LogP contribution >= 0.6 is 15.9 Å². The summed E-state index contributed by atoms with van der Waals surface area (Å²) in [5, 5.41) is 0. The van der Waals surface area contributed by atoms with Gasteiger partial charge in [-0.3, -0.25) is 0 Å². The largest absolute Gasteiger partial charge is 0.497 e. The van der Waals surface area contributed by atoms with E-state index in [1.165, 1.54) is 0 Å². The van der Waals surface area contributed by atoms with Crippen LogP contribution in [-0.2, 0) is 9.47 Å². The van der Waals surface area contributed by atoms with Gasteiger partial charge in [0.15, 0.2) is 0 Å². The second kappa shape index (κ2) is 8.08. The van der Waals surface area contributed by atoms with E-state index in [0.717, 1.165) is 10.2 Å². The Labute approximate surface area is 88.0 Å². The fourth-order valence-electron chi connectivity index (χ4n) is 0.649. The van der Waals surface area contributed by atoms with E-state index >= 15 is 0 Å². The summed E-state index contributed by atoms with van der Waals surface area (Å²) in [6.45, 7) is 2.56. The summed E-state index contributed by atoms with van der Waals surface area (Å²) in [5.41, 5.74) is 0. The Morgan fingerprint density at radius 1 is 1.31 bits per heavy atom. The van der Waals surface area contributed by atoms with Crippen molar-refractivity contribution in [2.24, 2.45) is 0 Å². The fourth-order valence-corrected chi connectivity index (χ4v) is 0.781. The van der Waals surface area contributed by atoms with Crippen molar-refractivity contribution in [1.29, 1.82) is 0 Å². The molecule has 0 aliphatic heterocycles. The van der Waals surface area contributed by atoms with Crippen molar-refractivity contribution in [3.63, 3.8) is 0 Å². The lowest BCUT2D eigenvalue weighted by molar-refractivity contribution is 0.233. The van der Waals surface area contributed by atoms with E-state index in [2.05, 4.69) is 15.9 Å². The van der Waals surface area contributed by atoms with E-state index in [4.69, 9.17) is 9.47 Å². The molecule has 0 amide bonds. The molecule has 0 aromatic carbocycles. The molecule has 74 valence electrons. The molecular weight excluding hydrogens is 232 g/mol. The lowest BCUT2D eigenvalue weighted by Crippen LogP contribution is -1.84. The van der Waals surface area contributed by atoms with E-state index in [9.17, 15) is 0 Å². The number of halogens is 1. The third-order valence-electron chi connectivity index (χ3n) is 1.26. The van der Waals surface area contributed by atoms with Crippen molar-refractivity contribution >= 4 is 15.9 Å². The average Bonchev–Trinajstić information content (AvgIpc) is 2.10. The van der Waals surface area contributed by atoms with Gasteiger partial charge in [-0.1, -0.05) is 22.0 Å². The second-order valence-corrected chi connectivity index (χ2v) is 3.64. The summed E-state index contributed by atoms with van der Waals surface area (Å²) < 4.78 is 11.0. The van der Waals surface area contributed by atoms with Crippen LogP contribution in [0, 0.1) is 0 Å². The maximum atomic E-state index is 5.10. The molecule has 0 saturated carbocycles. The summed E-state index contributed by atoms with van der Waals surface area (Å²) in [5.74, 6) is 0.802. The number of hydrogen-bond acceptors (Lipinski definition) is 2. The number of ether oxygens (including phenoxy) is 2. The molecule has 0 saturated heterocycles. The Morgan fingerprint density at radius 3 is 2.46 bits per heavy atom. The van der Waals surface area contributed by atoms with Crippen LogP contribution in [0.15, 0.2) is 34.5 Å². The van der Waals surface area contributed by atoms with Crippen LogP contribution in [0.25, 0.3) is 0 Å². The minimum Gasteiger partial charge on any atom is -0.497 e. The highest BCUT2D eigenvalue weighted by Crippen LogP contribution is 2.05. The molecule has 0 rings (SSSR count). The van der Waals surface area contributed by atoms with E-state index in [-0.39, 0.29) is 0 Å². The monoisotopic (exact) mass is 246 g/mol. The van der Waals surface area contributed by atoms with Crippen LogP contribution in [0.5, 0.6) is 0 Å². The Balaban J connectivity index is 4.17. The smallest absolute Gasteiger partial charge is 0.118 e. The van der Waals surface area contributed by atoms with Crippen molar-refractivity contribution < 1.29 is 9.47 Å². The van der Waals surface area contributed by atoms with Gasteiger partial charge in [0.25, 0.3) is 0 Å². The third-order valence-corrected chi connectivity index (χ3v) is 1.52. The van der Waals surface area contributed by atoms with Gasteiger partial charge in [0, 0.05) is 7.11 Å². The fraction of sp³-hybridized carbons (Fsp3) is 0.400. The van der Waals surface area contributed by atoms with Gasteiger partial charge in [0.05, 0.1) is 13.7 Å². The first-order chi connectivity index (χ1) is 6.20. The Hall–Kier alpha value is -0.540. The molecule has 0 unspecified atom stereocenters. The summed E-state index contributed by atoms with van der Waals surface area (Å²) >= 11 is 3.33. The summed E-state index contributed by atoms with van der Waals surface area (Å²) in [6, 6.07) is 0. The van der Waals surface area contributed by atoms with Crippen molar-refractivity contribution in [2.45, 2.75) is 6.92 Å². The molecule has 2 nitrogen and oxygen atoms in total. The minimum atomic E-state index is 0.595. The lowest BCUT2D eigenvalue weighted by atomic mass is 10.3. The van der Waals surface area contributed by atoms with E-state index < -0.39 is 0 Å². The van der Waals surface area contributed by atoms with Crippen LogP contribution in [0.2, 0.25) is 0 Å². The van der Waals surface area contributed by atoms with Crippen molar-refractivity contribution in [3.05, 3.63) is 34.5 Å². The predicted molar refractivity (Wildman–Crippen MR) is 58.8 cm³/mol. The first-order valence-electron chi connectivity index (χ1n) is 3.94. The summed E-state index contributed by atoms with van der Waals surface area (Å²) in [7, 11) is 3.30. The second-order valence-electron chi connectivity index (χ2n) is 2.38. The van der Waals surface area contributed by atoms with Crippen LogP contribution in [-0.4, -0.2) is 20.8 Å². The van der Waals surface area contributed by atoms with Gasteiger partial charge < -0.3 is 9.47 Å². The van der Waals surface area contributed by atoms with Crippen molar-refractivity contribution in [2.75, 3.05) is 20.8 Å². The molecule has 0 aromatic heterocycles. The Bertz CT molecular complexity index is 213. The quantitative estimate of drug-likeness (QED) is 0.549. The summed E-state index contributed by atoms with van der Waals surface area (Å²) in [6.07, 6.45) is 7.58. The molecular formula is C10H15BrO2. The van der Waals surface area contributed by atoms with Crippen LogP contribution in [0.4, 0.5) is 0 Å². The Kier molecular flexibility index (Phi) is 7.74. The molecule has 0 fully saturated rings. The van der Waals surface area contributed by atoms with E-state index in [1.807, 2.05) is 31.2 Å². The predicted octanol–water partition coefficient (Wildman–Crippen LogP) is 3.02. The molecule has 0 aromatic rings. The minimum absolute atomic E-state index is 0.595. The zero-order chi connectivity index (χ0) is 10.1. The maximum Gasteiger partial charge on any atom is 0.118 e. The van der Waals surface area contributed by atoms with E-state index in [1.54, 1.807) is 14.2 Å².